The molecule has 0 heterocycles. The van der Waals surface area contributed by atoms with E-state index < -0.39 is 6.10 Å². The van der Waals surface area contributed by atoms with Gasteiger partial charge in [-0.15, -0.1) is 0 Å². The highest BCUT2D eigenvalue weighted by atomic mass is 16.6. The van der Waals surface area contributed by atoms with Gasteiger partial charge in [0.2, 0.25) is 0 Å². The Kier molecular flexibility index (Phi) is 42.0. The molecular weight excluding hydrogens is 685 g/mol. The van der Waals surface area contributed by atoms with Crippen LogP contribution < -0.4 is 0 Å². The molecule has 6 nitrogen and oxygen atoms in total. The summed E-state index contributed by atoms with van der Waals surface area (Å²) < 4.78 is 16.7. The number of carbonyl (C=O) groups excluding carboxylic acids is 3. The van der Waals surface area contributed by atoms with E-state index in [1.807, 2.05) is 0 Å². The quantitative estimate of drug-likeness (QED) is 0.0202. The number of carbonyl (C=O) groups is 3. The Morgan fingerprint density at radius 3 is 1.16 bits per heavy atom. The standard InChI is InChI=1S/C49H86O6/c1-4-7-10-13-16-19-21-23-24-26-27-30-33-36-39-42-48(51)54-45-46(44-53-47(50)41-38-35-32-29-18-15-12-9-6-3)55-49(52)43-40-37-34-31-28-25-22-20-17-14-11-8-5-2/h8,11,14,17,19-22,46H,4-7,9-10,12-13,15-16,18,23-45H2,1-3H3/b11-8-,17-14-,21-19-,22-20-. The number of hydrogen-bond donors (Lipinski definition) is 0. The van der Waals surface area contributed by atoms with Crippen molar-refractivity contribution in [1.29, 1.82) is 0 Å². The smallest absolute Gasteiger partial charge is 0.306 e. The number of rotatable bonds is 41. The maximum Gasteiger partial charge on any atom is 0.306 e. The lowest BCUT2D eigenvalue weighted by Gasteiger charge is -2.18. The predicted molar refractivity (Wildman–Crippen MR) is 233 cm³/mol. The molecule has 0 aromatic carbocycles. The van der Waals surface area contributed by atoms with Crippen LogP contribution in [-0.4, -0.2) is 37.2 Å². The Balaban J connectivity index is 4.37. The molecule has 0 aromatic rings. The van der Waals surface area contributed by atoms with E-state index >= 15 is 0 Å². The molecule has 0 fully saturated rings. The average molecular weight is 771 g/mol. The van der Waals surface area contributed by atoms with Crippen LogP contribution in [0, 0.1) is 0 Å². The molecule has 6 heteroatoms. The fourth-order valence-electron chi connectivity index (χ4n) is 6.38. The maximum absolute atomic E-state index is 12.7. The highest BCUT2D eigenvalue weighted by Gasteiger charge is 2.19. The van der Waals surface area contributed by atoms with Crippen molar-refractivity contribution in [2.45, 2.75) is 232 Å². The van der Waals surface area contributed by atoms with E-state index in [9.17, 15) is 14.4 Å². The molecule has 0 aliphatic carbocycles. The zero-order valence-corrected chi connectivity index (χ0v) is 36.2. The van der Waals surface area contributed by atoms with Crippen LogP contribution in [0.25, 0.3) is 0 Å². The van der Waals surface area contributed by atoms with Crippen molar-refractivity contribution < 1.29 is 28.6 Å². The molecule has 318 valence electrons. The number of allylic oxidation sites excluding steroid dienone is 8. The minimum absolute atomic E-state index is 0.0817. The number of ether oxygens (including phenoxy) is 3. The van der Waals surface area contributed by atoms with E-state index in [0.29, 0.717) is 19.3 Å². The molecule has 1 atom stereocenters. The summed E-state index contributed by atoms with van der Waals surface area (Å²) in [6.07, 6.45) is 50.9. The van der Waals surface area contributed by atoms with Gasteiger partial charge in [0.1, 0.15) is 13.2 Å². The summed E-state index contributed by atoms with van der Waals surface area (Å²) in [5.41, 5.74) is 0. The Bertz CT molecular complexity index is 980. The minimum atomic E-state index is -0.780. The highest BCUT2D eigenvalue weighted by Crippen LogP contribution is 2.14. The molecule has 0 bridgehead atoms. The molecule has 0 aliphatic rings. The van der Waals surface area contributed by atoms with Crippen molar-refractivity contribution in [2.75, 3.05) is 13.2 Å². The fourth-order valence-corrected chi connectivity index (χ4v) is 6.38. The van der Waals surface area contributed by atoms with Gasteiger partial charge in [-0.1, -0.05) is 191 Å². The van der Waals surface area contributed by atoms with Gasteiger partial charge in [-0.3, -0.25) is 14.4 Å². The first kappa shape index (κ1) is 52.4. The second-order valence-corrected chi connectivity index (χ2v) is 15.3. The zero-order valence-electron chi connectivity index (χ0n) is 36.2. The van der Waals surface area contributed by atoms with E-state index in [1.54, 1.807) is 0 Å². The molecule has 0 saturated heterocycles. The molecule has 0 radical (unpaired) electrons. The van der Waals surface area contributed by atoms with Gasteiger partial charge in [0.15, 0.2) is 6.10 Å². The van der Waals surface area contributed by atoms with Gasteiger partial charge >= 0.3 is 17.9 Å². The molecule has 0 N–H and O–H groups in total. The molecule has 0 rings (SSSR count). The molecule has 55 heavy (non-hydrogen) atoms. The summed E-state index contributed by atoms with van der Waals surface area (Å²) in [4.78, 5) is 37.7. The van der Waals surface area contributed by atoms with Gasteiger partial charge in [-0.05, 0) is 64.2 Å². The first-order valence-electron chi connectivity index (χ1n) is 23.2. The topological polar surface area (TPSA) is 78.9 Å². The van der Waals surface area contributed by atoms with Crippen molar-refractivity contribution in [2.24, 2.45) is 0 Å². The van der Waals surface area contributed by atoms with E-state index in [2.05, 4.69) is 69.4 Å². The Morgan fingerprint density at radius 2 is 0.727 bits per heavy atom. The molecule has 0 saturated carbocycles. The summed E-state index contributed by atoms with van der Waals surface area (Å²) in [7, 11) is 0. The van der Waals surface area contributed by atoms with Crippen molar-refractivity contribution in [1.82, 2.24) is 0 Å². The largest absolute Gasteiger partial charge is 0.462 e. The monoisotopic (exact) mass is 771 g/mol. The van der Waals surface area contributed by atoms with Gasteiger partial charge in [0.25, 0.3) is 0 Å². The highest BCUT2D eigenvalue weighted by molar-refractivity contribution is 5.71. The number of hydrogen-bond acceptors (Lipinski definition) is 6. The first-order chi connectivity index (χ1) is 27.0. The van der Waals surface area contributed by atoms with Crippen LogP contribution in [0.1, 0.15) is 226 Å². The van der Waals surface area contributed by atoms with Crippen molar-refractivity contribution in [3.63, 3.8) is 0 Å². The van der Waals surface area contributed by atoms with Crippen LogP contribution in [0.4, 0.5) is 0 Å². The van der Waals surface area contributed by atoms with Gasteiger partial charge in [0.05, 0.1) is 0 Å². The fraction of sp³-hybridized carbons (Fsp3) is 0.776. The molecule has 1 unspecified atom stereocenters. The third-order valence-corrected chi connectivity index (χ3v) is 9.88. The lowest BCUT2D eigenvalue weighted by atomic mass is 10.1. The van der Waals surface area contributed by atoms with Crippen LogP contribution >= 0.6 is 0 Å². The minimum Gasteiger partial charge on any atom is -0.462 e. The molecular formula is C49H86O6. The number of esters is 3. The Labute approximate surface area is 339 Å². The molecule has 0 amide bonds. The summed E-state index contributed by atoms with van der Waals surface area (Å²) in [5.74, 6) is -0.909. The summed E-state index contributed by atoms with van der Waals surface area (Å²) in [6.45, 7) is 6.45. The normalized spacial score (nSPS) is 12.4. The lowest BCUT2D eigenvalue weighted by molar-refractivity contribution is -0.167. The molecule has 0 aliphatic heterocycles. The van der Waals surface area contributed by atoms with Crippen LogP contribution in [-0.2, 0) is 28.6 Å². The van der Waals surface area contributed by atoms with E-state index in [1.165, 1.54) is 103 Å². The SMILES string of the molecule is CC\C=C/C=C\C=C/CCCCCCCC(=O)OC(COC(=O)CCCCCCCCC/C=C\CCCCCC)COC(=O)CCCCCCCCCCC. The van der Waals surface area contributed by atoms with Gasteiger partial charge in [0, 0.05) is 19.3 Å². The number of unbranched alkanes of at least 4 members (excludes halogenated alkanes) is 24. The van der Waals surface area contributed by atoms with Gasteiger partial charge in [-0.2, -0.15) is 0 Å². The summed E-state index contributed by atoms with van der Waals surface area (Å²) in [5, 5.41) is 0. The van der Waals surface area contributed by atoms with Gasteiger partial charge < -0.3 is 14.2 Å². The predicted octanol–water partition coefficient (Wildman–Crippen LogP) is 14.8. The Morgan fingerprint density at radius 1 is 0.382 bits per heavy atom. The second-order valence-electron chi connectivity index (χ2n) is 15.3. The first-order valence-corrected chi connectivity index (χ1v) is 23.2. The van der Waals surface area contributed by atoms with Gasteiger partial charge in [-0.25, -0.2) is 0 Å². The third kappa shape index (κ3) is 42.4. The van der Waals surface area contributed by atoms with Crippen LogP contribution in [0.3, 0.4) is 0 Å². The van der Waals surface area contributed by atoms with Crippen LogP contribution in [0.5, 0.6) is 0 Å². The zero-order chi connectivity index (χ0) is 40.1. The molecule has 0 aromatic heterocycles. The van der Waals surface area contributed by atoms with E-state index in [0.717, 1.165) is 83.5 Å². The average Bonchev–Trinajstić information content (AvgIpc) is 3.18. The van der Waals surface area contributed by atoms with E-state index in [-0.39, 0.29) is 31.1 Å². The summed E-state index contributed by atoms with van der Waals surface area (Å²) in [6, 6.07) is 0. The molecule has 0 spiro atoms. The van der Waals surface area contributed by atoms with Crippen molar-refractivity contribution in [3.8, 4) is 0 Å². The van der Waals surface area contributed by atoms with E-state index in [4.69, 9.17) is 14.2 Å². The van der Waals surface area contributed by atoms with Crippen molar-refractivity contribution >= 4 is 17.9 Å². The summed E-state index contributed by atoms with van der Waals surface area (Å²) >= 11 is 0. The van der Waals surface area contributed by atoms with Crippen LogP contribution in [0.2, 0.25) is 0 Å². The maximum atomic E-state index is 12.7. The van der Waals surface area contributed by atoms with Crippen molar-refractivity contribution in [3.05, 3.63) is 48.6 Å². The Hall–Kier alpha value is -2.63. The third-order valence-electron chi connectivity index (χ3n) is 9.88. The second kappa shape index (κ2) is 44.1. The van der Waals surface area contributed by atoms with Crippen LogP contribution in [0.15, 0.2) is 48.6 Å². The lowest BCUT2D eigenvalue weighted by Crippen LogP contribution is -2.30.